The van der Waals surface area contributed by atoms with Gasteiger partial charge >= 0.3 is 0 Å². The Morgan fingerprint density at radius 3 is 2.69 bits per heavy atom. The average molecular weight is 225 g/mol. The number of hydrogen-bond acceptors (Lipinski definition) is 4. The molecule has 4 heteroatoms. The van der Waals surface area contributed by atoms with E-state index in [4.69, 9.17) is 9.94 Å². The largest absolute Gasteiger partial charge is 0.504 e. The van der Waals surface area contributed by atoms with Gasteiger partial charge in [-0.05, 0) is 37.0 Å². The van der Waals surface area contributed by atoms with E-state index in [1.54, 1.807) is 6.07 Å². The predicted octanol–water partition coefficient (Wildman–Crippen LogP) is 1.82. The van der Waals surface area contributed by atoms with Gasteiger partial charge in [0.15, 0.2) is 11.5 Å². The summed E-state index contributed by atoms with van der Waals surface area (Å²) in [5, 5.41) is 18.5. The molecule has 0 aliphatic heterocycles. The van der Waals surface area contributed by atoms with Crippen LogP contribution >= 0.6 is 0 Å². The number of phenols is 2. The van der Waals surface area contributed by atoms with E-state index in [1.807, 2.05) is 13.0 Å². The molecule has 1 atom stereocenters. The summed E-state index contributed by atoms with van der Waals surface area (Å²) in [4.78, 5) is 5.05. The second kappa shape index (κ2) is 6.35. The minimum absolute atomic E-state index is 0.0672. The molecule has 0 saturated heterocycles. The SMILES string of the molecule is CCONCC(C)Cc1ccc(O)c(O)c1. The lowest BCUT2D eigenvalue weighted by Crippen LogP contribution is -2.22. The highest BCUT2D eigenvalue weighted by molar-refractivity contribution is 5.40. The van der Waals surface area contributed by atoms with Crippen LogP contribution in [-0.4, -0.2) is 23.4 Å². The van der Waals surface area contributed by atoms with E-state index >= 15 is 0 Å². The Morgan fingerprint density at radius 2 is 2.06 bits per heavy atom. The summed E-state index contributed by atoms with van der Waals surface area (Å²) in [6.45, 7) is 5.42. The van der Waals surface area contributed by atoms with Gasteiger partial charge < -0.3 is 15.1 Å². The number of hydrogen-bond donors (Lipinski definition) is 3. The van der Waals surface area contributed by atoms with Gasteiger partial charge in [-0.2, -0.15) is 0 Å². The Bertz CT molecular complexity index is 328. The number of rotatable bonds is 6. The van der Waals surface area contributed by atoms with Crippen molar-refractivity contribution in [2.24, 2.45) is 5.92 Å². The number of aromatic hydroxyl groups is 2. The van der Waals surface area contributed by atoms with Crippen molar-refractivity contribution in [2.45, 2.75) is 20.3 Å². The molecular formula is C12H19NO3. The molecule has 0 saturated carbocycles. The fourth-order valence-corrected chi connectivity index (χ4v) is 1.47. The monoisotopic (exact) mass is 225 g/mol. The first-order chi connectivity index (χ1) is 7.63. The molecule has 0 aromatic heterocycles. The van der Waals surface area contributed by atoms with Crippen molar-refractivity contribution < 1.29 is 15.1 Å². The average Bonchev–Trinajstić information content (AvgIpc) is 2.24. The van der Waals surface area contributed by atoms with E-state index in [-0.39, 0.29) is 11.5 Å². The summed E-state index contributed by atoms with van der Waals surface area (Å²) >= 11 is 0. The molecule has 3 N–H and O–H groups in total. The molecule has 4 nitrogen and oxygen atoms in total. The Kier molecular flexibility index (Phi) is 5.08. The summed E-state index contributed by atoms with van der Waals surface area (Å²) in [7, 11) is 0. The normalized spacial score (nSPS) is 12.6. The van der Waals surface area contributed by atoms with Crippen molar-refractivity contribution >= 4 is 0 Å². The second-order valence-corrected chi connectivity index (χ2v) is 3.91. The molecule has 0 amide bonds. The first-order valence-electron chi connectivity index (χ1n) is 5.49. The molecule has 0 aliphatic carbocycles. The first-order valence-corrected chi connectivity index (χ1v) is 5.49. The van der Waals surface area contributed by atoms with Crippen LogP contribution < -0.4 is 5.48 Å². The van der Waals surface area contributed by atoms with Crippen LogP contribution in [0.5, 0.6) is 11.5 Å². The van der Waals surface area contributed by atoms with E-state index in [2.05, 4.69) is 12.4 Å². The van der Waals surface area contributed by atoms with Gasteiger partial charge in [0.1, 0.15) is 0 Å². The van der Waals surface area contributed by atoms with Crippen LogP contribution in [0.4, 0.5) is 0 Å². The highest BCUT2D eigenvalue weighted by Gasteiger charge is 2.06. The molecule has 0 fully saturated rings. The van der Waals surface area contributed by atoms with Crippen molar-refractivity contribution in [3.63, 3.8) is 0 Å². The number of phenolic OH excluding ortho intramolecular Hbond substituents is 2. The summed E-state index contributed by atoms with van der Waals surface area (Å²) < 4.78 is 0. The summed E-state index contributed by atoms with van der Waals surface area (Å²) in [5.74, 6) is 0.252. The Labute approximate surface area is 95.8 Å². The molecule has 1 aromatic carbocycles. The highest BCUT2D eigenvalue weighted by Crippen LogP contribution is 2.25. The van der Waals surface area contributed by atoms with Crippen molar-refractivity contribution in [3.8, 4) is 11.5 Å². The highest BCUT2D eigenvalue weighted by atomic mass is 16.6. The lowest BCUT2D eigenvalue weighted by molar-refractivity contribution is 0.0430. The van der Waals surface area contributed by atoms with Crippen LogP contribution in [0.2, 0.25) is 0 Å². The van der Waals surface area contributed by atoms with Crippen LogP contribution in [-0.2, 0) is 11.3 Å². The van der Waals surface area contributed by atoms with Gasteiger partial charge in [0.05, 0.1) is 6.61 Å². The Hall–Kier alpha value is -1.26. The van der Waals surface area contributed by atoms with Gasteiger partial charge in [-0.1, -0.05) is 13.0 Å². The predicted molar refractivity (Wildman–Crippen MR) is 62.3 cm³/mol. The van der Waals surface area contributed by atoms with Crippen molar-refractivity contribution in [3.05, 3.63) is 23.8 Å². The smallest absolute Gasteiger partial charge is 0.157 e. The summed E-state index contributed by atoms with van der Waals surface area (Å²) in [5.41, 5.74) is 3.87. The third-order valence-corrected chi connectivity index (χ3v) is 2.30. The lowest BCUT2D eigenvalue weighted by Gasteiger charge is -2.12. The molecule has 1 rings (SSSR count). The Morgan fingerprint density at radius 1 is 1.31 bits per heavy atom. The van der Waals surface area contributed by atoms with Crippen molar-refractivity contribution in [1.29, 1.82) is 0 Å². The molecule has 0 heterocycles. The maximum Gasteiger partial charge on any atom is 0.157 e. The molecule has 0 bridgehead atoms. The minimum Gasteiger partial charge on any atom is -0.504 e. The number of hydroxylamine groups is 1. The third kappa shape index (κ3) is 4.08. The number of benzene rings is 1. The zero-order chi connectivity index (χ0) is 12.0. The Balaban J connectivity index is 2.43. The standard InChI is InChI=1S/C12H19NO3/c1-3-16-13-8-9(2)6-10-4-5-11(14)12(15)7-10/h4-5,7,9,13-15H,3,6,8H2,1-2H3. The molecule has 0 aliphatic rings. The lowest BCUT2D eigenvalue weighted by atomic mass is 10.0. The van der Waals surface area contributed by atoms with Gasteiger partial charge in [-0.3, -0.25) is 0 Å². The van der Waals surface area contributed by atoms with E-state index < -0.39 is 0 Å². The molecule has 0 radical (unpaired) electrons. The second-order valence-electron chi connectivity index (χ2n) is 3.91. The fourth-order valence-electron chi connectivity index (χ4n) is 1.47. The third-order valence-electron chi connectivity index (χ3n) is 2.30. The van der Waals surface area contributed by atoms with E-state index in [1.165, 1.54) is 6.07 Å². The van der Waals surface area contributed by atoms with Gasteiger partial charge in [-0.15, -0.1) is 0 Å². The zero-order valence-electron chi connectivity index (χ0n) is 9.73. The van der Waals surface area contributed by atoms with Crippen molar-refractivity contribution in [2.75, 3.05) is 13.2 Å². The molecule has 0 spiro atoms. The van der Waals surface area contributed by atoms with Gasteiger partial charge in [0.2, 0.25) is 0 Å². The zero-order valence-corrected chi connectivity index (χ0v) is 9.73. The van der Waals surface area contributed by atoms with E-state index in [0.717, 1.165) is 18.5 Å². The molecule has 1 unspecified atom stereocenters. The minimum atomic E-state index is -0.0798. The van der Waals surface area contributed by atoms with Crippen LogP contribution in [0.25, 0.3) is 0 Å². The number of nitrogens with one attached hydrogen (secondary N) is 1. The first kappa shape index (κ1) is 12.8. The van der Waals surface area contributed by atoms with Crippen LogP contribution in [0.1, 0.15) is 19.4 Å². The maximum absolute atomic E-state index is 9.34. The maximum atomic E-state index is 9.34. The topological polar surface area (TPSA) is 61.7 Å². The molecule has 16 heavy (non-hydrogen) atoms. The van der Waals surface area contributed by atoms with Gasteiger partial charge in [-0.25, -0.2) is 5.48 Å². The fraction of sp³-hybridized carbons (Fsp3) is 0.500. The van der Waals surface area contributed by atoms with Crippen LogP contribution in [0, 0.1) is 5.92 Å². The van der Waals surface area contributed by atoms with Gasteiger partial charge in [0, 0.05) is 6.54 Å². The van der Waals surface area contributed by atoms with Crippen LogP contribution in [0.3, 0.4) is 0 Å². The van der Waals surface area contributed by atoms with Gasteiger partial charge in [0.25, 0.3) is 0 Å². The molecular weight excluding hydrogens is 206 g/mol. The van der Waals surface area contributed by atoms with Crippen molar-refractivity contribution in [1.82, 2.24) is 5.48 Å². The van der Waals surface area contributed by atoms with Crippen LogP contribution in [0.15, 0.2) is 18.2 Å². The molecule has 90 valence electrons. The molecule has 1 aromatic rings. The quantitative estimate of drug-likeness (QED) is 0.392. The van der Waals surface area contributed by atoms with E-state index in [0.29, 0.717) is 12.5 Å². The van der Waals surface area contributed by atoms with E-state index in [9.17, 15) is 5.11 Å². The summed E-state index contributed by atoms with van der Waals surface area (Å²) in [6.07, 6.45) is 0.827. The summed E-state index contributed by atoms with van der Waals surface area (Å²) in [6, 6.07) is 4.91.